The second-order valence-corrected chi connectivity index (χ2v) is 6.05. The summed E-state index contributed by atoms with van der Waals surface area (Å²) in [6.07, 6.45) is 0. The van der Waals surface area contributed by atoms with Gasteiger partial charge < -0.3 is 4.74 Å². The third-order valence-corrected chi connectivity index (χ3v) is 4.76. The van der Waals surface area contributed by atoms with Crippen LogP contribution in [-0.4, -0.2) is 27.3 Å². The number of nitrogens with one attached hydrogen (secondary N) is 2. The number of rotatable bonds is 4. The largest absolute Gasteiger partial charge is 0.378 e. The second-order valence-electron chi connectivity index (χ2n) is 3.72. The summed E-state index contributed by atoms with van der Waals surface area (Å²) < 4.78 is 5.63. The minimum atomic E-state index is 0.435. The first-order valence-corrected chi connectivity index (χ1v) is 7.56. The van der Waals surface area contributed by atoms with Crippen LogP contribution >= 0.6 is 34.9 Å². The smallest absolute Gasteiger partial charge is 0.213 e. The summed E-state index contributed by atoms with van der Waals surface area (Å²) >= 11 is 8.23. The summed E-state index contributed by atoms with van der Waals surface area (Å²) in [5.41, 5.74) is 0.869. The van der Waals surface area contributed by atoms with Crippen LogP contribution in [0, 0.1) is 4.77 Å². The van der Waals surface area contributed by atoms with Crippen molar-refractivity contribution in [2.45, 2.75) is 6.61 Å². The molecule has 0 aliphatic rings. The van der Waals surface area contributed by atoms with Crippen molar-refractivity contribution in [2.75, 3.05) is 7.11 Å². The molecule has 0 aliphatic carbocycles. The molecule has 98 valence electrons. The summed E-state index contributed by atoms with van der Waals surface area (Å²) in [7, 11) is 1.65. The van der Waals surface area contributed by atoms with E-state index in [2.05, 4.69) is 26.2 Å². The van der Waals surface area contributed by atoms with E-state index in [4.69, 9.17) is 17.0 Å². The van der Waals surface area contributed by atoms with Gasteiger partial charge in [-0.1, -0.05) is 6.07 Å². The fourth-order valence-electron chi connectivity index (χ4n) is 1.65. The van der Waals surface area contributed by atoms with Crippen LogP contribution in [0.1, 0.15) is 5.69 Å². The van der Waals surface area contributed by atoms with Crippen molar-refractivity contribution in [3.8, 4) is 20.6 Å². The molecule has 3 heterocycles. The highest BCUT2D eigenvalue weighted by molar-refractivity contribution is 7.71. The molecule has 0 saturated carbocycles. The molecule has 0 radical (unpaired) electrons. The molecule has 0 aliphatic heterocycles. The van der Waals surface area contributed by atoms with E-state index in [-0.39, 0.29) is 0 Å². The molecule has 0 spiro atoms. The number of H-pyrrole nitrogens is 2. The van der Waals surface area contributed by atoms with Crippen molar-refractivity contribution in [1.29, 1.82) is 0 Å². The Labute approximate surface area is 122 Å². The van der Waals surface area contributed by atoms with Gasteiger partial charge >= 0.3 is 0 Å². The zero-order valence-corrected chi connectivity index (χ0v) is 12.4. The van der Waals surface area contributed by atoms with Crippen LogP contribution < -0.4 is 0 Å². The van der Waals surface area contributed by atoms with E-state index in [0.29, 0.717) is 17.2 Å². The van der Waals surface area contributed by atoms with Crippen molar-refractivity contribution in [2.24, 2.45) is 0 Å². The Balaban J connectivity index is 2.09. The highest BCUT2D eigenvalue weighted by atomic mass is 32.1. The molecule has 5 nitrogen and oxygen atoms in total. The molecule has 0 fully saturated rings. The maximum absolute atomic E-state index is 5.20. The first-order chi connectivity index (χ1) is 9.28. The van der Waals surface area contributed by atoms with E-state index >= 15 is 0 Å². The molecule has 3 aromatic heterocycles. The van der Waals surface area contributed by atoms with Gasteiger partial charge in [0.15, 0.2) is 5.82 Å². The van der Waals surface area contributed by atoms with Gasteiger partial charge in [-0.25, -0.2) is 4.98 Å². The van der Waals surface area contributed by atoms with Gasteiger partial charge in [0, 0.05) is 7.11 Å². The molecular formula is C11H10N4OS3. The first kappa shape index (κ1) is 12.7. The number of hydrogen-bond acceptors (Lipinski definition) is 6. The molecule has 0 unspecified atom stereocenters. The van der Waals surface area contributed by atoms with E-state index in [1.54, 1.807) is 29.8 Å². The molecule has 0 aromatic carbocycles. The molecular weight excluding hydrogens is 300 g/mol. The van der Waals surface area contributed by atoms with E-state index in [9.17, 15) is 0 Å². The van der Waals surface area contributed by atoms with Crippen LogP contribution in [-0.2, 0) is 11.3 Å². The Bertz CT molecular complexity index is 725. The molecule has 0 amide bonds. The van der Waals surface area contributed by atoms with Crippen LogP contribution in [0.4, 0.5) is 0 Å². The summed E-state index contributed by atoms with van der Waals surface area (Å²) in [4.78, 5) is 11.0. The van der Waals surface area contributed by atoms with Crippen molar-refractivity contribution < 1.29 is 4.74 Å². The maximum atomic E-state index is 5.20. The van der Waals surface area contributed by atoms with Crippen molar-refractivity contribution in [3.63, 3.8) is 0 Å². The van der Waals surface area contributed by atoms with Gasteiger partial charge in [0.1, 0.15) is 5.01 Å². The quantitative estimate of drug-likeness (QED) is 0.724. The van der Waals surface area contributed by atoms with Crippen LogP contribution in [0.15, 0.2) is 17.5 Å². The Morgan fingerprint density at radius 2 is 2.26 bits per heavy atom. The summed E-state index contributed by atoms with van der Waals surface area (Å²) in [6, 6.07) is 4.07. The average Bonchev–Trinajstić information content (AvgIpc) is 3.08. The Morgan fingerprint density at radius 1 is 1.37 bits per heavy atom. The van der Waals surface area contributed by atoms with Gasteiger partial charge in [0.05, 0.1) is 22.1 Å². The van der Waals surface area contributed by atoms with Crippen LogP contribution in [0.5, 0.6) is 0 Å². The van der Waals surface area contributed by atoms with Crippen molar-refractivity contribution >= 4 is 34.9 Å². The number of hydrogen-bond donors (Lipinski definition) is 2. The molecule has 8 heteroatoms. The second kappa shape index (κ2) is 5.33. The average molecular weight is 310 g/mol. The predicted octanol–water partition coefficient (Wildman–Crippen LogP) is 3.47. The monoisotopic (exact) mass is 310 g/mol. The van der Waals surface area contributed by atoms with Gasteiger partial charge in [-0.3, -0.25) is 10.2 Å². The zero-order chi connectivity index (χ0) is 13.2. The number of methoxy groups -OCH3 is 1. The molecule has 2 N–H and O–H groups in total. The van der Waals surface area contributed by atoms with Gasteiger partial charge in [0.25, 0.3) is 0 Å². The van der Waals surface area contributed by atoms with Crippen molar-refractivity contribution in [3.05, 3.63) is 28.0 Å². The highest BCUT2D eigenvalue weighted by Crippen LogP contribution is 2.35. The standard InChI is InChI=1S/C11H10N4OS3/c1-16-5-6-8(9-13-11(17)15-14-9)19-10(12-6)7-3-2-4-18-7/h2-4H,5H2,1H3,(H2,13,14,15,17). The lowest BCUT2D eigenvalue weighted by atomic mass is 10.3. The lowest BCUT2D eigenvalue weighted by Crippen LogP contribution is -1.91. The van der Waals surface area contributed by atoms with Gasteiger partial charge in [-0.2, -0.15) is 4.98 Å². The summed E-state index contributed by atoms with van der Waals surface area (Å²) in [5, 5.41) is 8.76. The molecule has 3 rings (SSSR count). The van der Waals surface area contributed by atoms with E-state index in [0.717, 1.165) is 20.5 Å². The summed E-state index contributed by atoms with van der Waals surface area (Å²) in [5.74, 6) is 0.706. The minimum absolute atomic E-state index is 0.435. The molecule has 0 atom stereocenters. The maximum Gasteiger partial charge on any atom is 0.213 e. The number of ether oxygens (including phenoxy) is 1. The van der Waals surface area contributed by atoms with Gasteiger partial charge in [-0.15, -0.1) is 22.7 Å². The van der Waals surface area contributed by atoms with Crippen LogP contribution in [0.3, 0.4) is 0 Å². The Morgan fingerprint density at radius 3 is 2.89 bits per heavy atom. The number of aromatic nitrogens is 4. The van der Waals surface area contributed by atoms with Gasteiger partial charge in [0.2, 0.25) is 4.77 Å². The molecule has 19 heavy (non-hydrogen) atoms. The van der Waals surface area contributed by atoms with Gasteiger partial charge in [-0.05, 0) is 23.7 Å². The summed E-state index contributed by atoms with van der Waals surface area (Å²) in [6.45, 7) is 0.449. The fraction of sp³-hybridized carbons (Fsp3) is 0.182. The first-order valence-electron chi connectivity index (χ1n) is 5.45. The predicted molar refractivity (Wildman–Crippen MR) is 78.9 cm³/mol. The van der Waals surface area contributed by atoms with Crippen LogP contribution in [0.2, 0.25) is 0 Å². The van der Waals surface area contributed by atoms with E-state index in [1.807, 2.05) is 11.4 Å². The topological polar surface area (TPSA) is 66.6 Å². The highest BCUT2D eigenvalue weighted by Gasteiger charge is 2.16. The number of thiazole rings is 1. The number of nitrogens with zero attached hydrogens (tertiary/aromatic N) is 2. The third-order valence-electron chi connectivity index (χ3n) is 2.43. The fourth-order valence-corrected chi connectivity index (χ4v) is 3.61. The third kappa shape index (κ3) is 2.52. The van der Waals surface area contributed by atoms with Crippen molar-refractivity contribution in [1.82, 2.24) is 20.2 Å². The molecule has 0 saturated heterocycles. The lowest BCUT2D eigenvalue weighted by molar-refractivity contribution is 0.182. The lowest BCUT2D eigenvalue weighted by Gasteiger charge is -1.96. The Hall–Kier alpha value is -1.35. The molecule has 3 aromatic rings. The number of aromatic amines is 2. The van der Waals surface area contributed by atoms with Crippen LogP contribution in [0.25, 0.3) is 20.6 Å². The van der Waals surface area contributed by atoms with E-state index in [1.165, 1.54) is 0 Å². The Kier molecular flexibility index (Phi) is 3.56. The molecule has 0 bridgehead atoms. The number of thiophene rings is 1. The van der Waals surface area contributed by atoms with E-state index < -0.39 is 0 Å². The normalized spacial score (nSPS) is 11.0. The SMILES string of the molecule is COCc1nc(-c2cccs2)sc1-c1nc(=S)[nH][nH]1. The minimum Gasteiger partial charge on any atom is -0.378 e. The zero-order valence-electron chi connectivity index (χ0n) is 9.97.